The molecule has 3 aromatic carbocycles. The van der Waals surface area contributed by atoms with E-state index < -0.39 is 56.1 Å². The fourth-order valence-electron chi connectivity index (χ4n) is 5.81. The molecule has 0 spiro atoms. The van der Waals surface area contributed by atoms with Gasteiger partial charge < -0.3 is 24.1 Å². The van der Waals surface area contributed by atoms with Crippen molar-refractivity contribution in [2.24, 2.45) is 5.92 Å². The Labute approximate surface area is 303 Å². The maximum Gasteiger partial charge on any atom is 0.269 e. The Morgan fingerprint density at radius 3 is 2.41 bits per heavy atom. The second kappa shape index (κ2) is 15.9. The van der Waals surface area contributed by atoms with Crippen LogP contribution in [0, 0.1) is 23.4 Å². The van der Waals surface area contributed by atoms with E-state index in [0.29, 0.717) is 47.7 Å². The zero-order valence-electron chi connectivity index (χ0n) is 28.5. The van der Waals surface area contributed by atoms with E-state index >= 15 is 8.78 Å². The van der Waals surface area contributed by atoms with Crippen molar-refractivity contribution in [1.82, 2.24) is 14.3 Å². The van der Waals surface area contributed by atoms with E-state index in [1.165, 1.54) is 26.4 Å². The molecule has 51 heavy (non-hydrogen) atoms. The van der Waals surface area contributed by atoms with Gasteiger partial charge in [-0.2, -0.15) is 4.37 Å². The SMILES string of the molecule is COc1ccc(CN(c2ncns2)S(=O)(=O)c2cc(F)c(OCC3CN(C(O)OC(C)(C)C)CCC3c3ccc(Cl)c(F)c3)cc2F)cc1OC. The van der Waals surface area contributed by atoms with Crippen LogP contribution >= 0.6 is 23.1 Å². The minimum atomic E-state index is -4.74. The smallest absolute Gasteiger partial charge is 0.269 e. The van der Waals surface area contributed by atoms with Gasteiger partial charge in [0.15, 0.2) is 23.1 Å². The number of hydrogen-bond acceptors (Lipinski definition) is 11. The van der Waals surface area contributed by atoms with Crippen LogP contribution in [0.5, 0.6) is 17.2 Å². The van der Waals surface area contributed by atoms with Crippen molar-refractivity contribution in [1.29, 1.82) is 0 Å². The molecule has 0 bridgehead atoms. The molecule has 0 saturated carbocycles. The van der Waals surface area contributed by atoms with Crippen LogP contribution in [-0.4, -0.2) is 73.7 Å². The molecule has 0 radical (unpaired) electrons. The van der Waals surface area contributed by atoms with Crippen molar-refractivity contribution in [2.75, 3.05) is 38.2 Å². The fraction of sp³-hybridized carbons (Fsp3) is 0.412. The first-order chi connectivity index (χ1) is 24.1. The molecule has 0 aliphatic carbocycles. The quantitative estimate of drug-likeness (QED) is 0.149. The van der Waals surface area contributed by atoms with Crippen molar-refractivity contribution in [3.05, 3.63) is 88.5 Å². The van der Waals surface area contributed by atoms with Crippen molar-refractivity contribution in [3.8, 4) is 17.2 Å². The zero-order chi connectivity index (χ0) is 37.1. The van der Waals surface area contributed by atoms with Crippen LogP contribution in [0.4, 0.5) is 18.3 Å². The lowest BCUT2D eigenvalue weighted by molar-refractivity contribution is -0.246. The maximum absolute atomic E-state index is 15.8. The molecular weight excluding hydrogens is 733 g/mol. The number of nitrogens with zero attached hydrogens (tertiary/aromatic N) is 4. The molecule has 1 aromatic heterocycles. The average molecular weight is 771 g/mol. The Hall–Kier alpha value is -3.67. The van der Waals surface area contributed by atoms with Crippen LogP contribution in [0.1, 0.15) is 44.2 Å². The summed E-state index contributed by atoms with van der Waals surface area (Å²) in [5.41, 5.74) is 0.412. The van der Waals surface area contributed by atoms with Gasteiger partial charge in [-0.1, -0.05) is 23.7 Å². The van der Waals surface area contributed by atoms with Crippen molar-refractivity contribution in [2.45, 2.75) is 56.6 Å². The van der Waals surface area contributed by atoms with Crippen LogP contribution in [0.2, 0.25) is 5.02 Å². The first-order valence-electron chi connectivity index (χ1n) is 15.8. The average Bonchev–Trinajstić information content (AvgIpc) is 3.62. The number of methoxy groups -OCH3 is 2. The third-order valence-electron chi connectivity index (χ3n) is 8.25. The standard InChI is InChI=1S/C34H38ClF3N4O7S2/c1-34(2,3)49-33(43)41-11-10-23(21-7-8-24(35)25(36)13-21)22(17-41)18-48-29-14-27(38)31(15-26(29)37)51(44,45)42(32-39-19-40-50-32)16-20-6-9-28(46-4)30(12-20)47-5/h6-9,12-15,19,22-23,33,43H,10-11,16-18H2,1-5H3. The topological polar surface area (TPSA) is 124 Å². The number of anilines is 1. The lowest BCUT2D eigenvalue weighted by Gasteiger charge is -2.41. The highest BCUT2D eigenvalue weighted by molar-refractivity contribution is 7.93. The Balaban J connectivity index is 1.41. The van der Waals surface area contributed by atoms with Gasteiger partial charge in [0.1, 0.15) is 22.9 Å². The molecule has 276 valence electrons. The number of sulfonamides is 1. The predicted octanol–water partition coefficient (Wildman–Crippen LogP) is 6.60. The molecule has 4 aromatic rings. The normalized spacial score (nSPS) is 17.6. The molecule has 1 N–H and O–H groups in total. The van der Waals surface area contributed by atoms with E-state index in [4.69, 9.17) is 30.5 Å². The molecule has 3 atom stereocenters. The van der Waals surface area contributed by atoms with Gasteiger partial charge >= 0.3 is 0 Å². The molecule has 2 heterocycles. The number of aromatic nitrogens is 2. The summed E-state index contributed by atoms with van der Waals surface area (Å²) in [6, 6.07) is 10.4. The summed E-state index contributed by atoms with van der Waals surface area (Å²) in [7, 11) is -1.86. The lowest BCUT2D eigenvalue weighted by Crippen LogP contribution is -2.49. The summed E-state index contributed by atoms with van der Waals surface area (Å²) in [6.45, 7) is 5.49. The number of benzene rings is 3. The van der Waals surface area contributed by atoms with E-state index in [2.05, 4.69) is 9.36 Å². The number of hydrogen-bond donors (Lipinski definition) is 1. The van der Waals surface area contributed by atoms with Crippen LogP contribution < -0.4 is 18.5 Å². The molecular formula is C34H38ClF3N4O7S2. The highest BCUT2D eigenvalue weighted by Crippen LogP contribution is 2.38. The molecule has 17 heteroatoms. The number of likely N-dealkylation sites (tertiary alicyclic amines) is 1. The Morgan fingerprint density at radius 2 is 1.76 bits per heavy atom. The Kier molecular flexibility index (Phi) is 12.0. The van der Waals surface area contributed by atoms with Crippen molar-refractivity contribution in [3.63, 3.8) is 0 Å². The second-order valence-corrected chi connectivity index (χ2v) is 15.8. The van der Waals surface area contributed by atoms with Crippen LogP contribution in [0.25, 0.3) is 0 Å². The van der Waals surface area contributed by atoms with E-state index in [0.717, 1.165) is 22.2 Å². The minimum absolute atomic E-state index is 0.0426. The summed E-state index contributed by atoms with van der Waals surface area (Å²) in [4.78, 5) is 4.74. The van der Waals surface area contributed by atoms with E-state index in [-0.39, 0.29) is 35.8 Å². The van der Waals surface area contributed by atoms with Gasteiger partial charge in [-0.05, 0) is 68.5 Å². The van der Waals surface area contributed by atoms with Gasteiger partial charge in [0, 0.05) is 42.7 Å². The molecule has 0 amide bonds. The van der Waals surface area contributed by atoms with Gasteiger partial charge in [-0.15, -0.1) is 0 Å². The van der Waals surface area contributed by atoms with Gasteiger partial charge in [-0.25, -0.2) is 30.9 Å². The van der Waals surface area contributed by atoms with Gasteiger partial charge in [-0.3, -0.25) is 4.90 Å². The molecule has 1 aliphatic rings. The maximum atomic E-state index is 15.8. The Morgan fingerprint density at radius 1 is 1.02 bits per heavy atom. The first-order valence-corrected chi connectivity index (χ1v) is 18.4. The van der Waals surface area contributed by atoms with E-state index in [1.54, 1.807) is 49.9 Å². The Bertz CT molecular complexity index is 1930. The molecule has 5 rings (SSSR count). The fourth-order valence-corrected chi connectivity index (χ4v) is 8.13. The summed E-state index contributed by atoms with van der Waals surface area (Å²) in [5.74, 6) is -3.54. The summed E-state index contributed by atoms with van der Waals surface area (Å²) < 4.78 is 101. The monoisotopic (exact) mass is 770 g/mol. The number of ether oxygens (including phenoxy) is 4. The van der Waals surface area contributed by atoms with Gasteiger partial charge in [0.05, 0.1) is 38.0 Å². The zero-order valence-corrected chi connectivity index (χ0v) is 30.9. The lowest BCUT2D eigenvalue weighted by atomic mass is 9.81. The van der Waals surface area contributed by atoms with Crippen LogP contribution in [-0.2, 0) is 21.3 Å². The molecule has 11 nitrogen and oxygen atoms in total. The molecule has 1 aliphatic heterocycles. The predicted molar refractivity (Wildman–Crippen MR) is 185 cm³/mol. The number of aliphatic hydroxyl groups excluding tert-OH is 1. The van der Waals surface area contributed by atoms with E-state index in [1.807, 2.05) is 0 Å². The third-order valence-corrected chi connectivity index (χ3v) is 11.1. The van der Waals surface area contributed by atoms with E-state index in [9.17, 15) is 17.9 Å². The number of aliphatic hydroxyl groups is 1. The highest BCUT2D eigenvalue weighted by Gasteiger charge is 2.36. The van der Waals surface area contributed by atoms with Gasteiger partial charge in [0.25, 0.3) is 10.0 Å². The summed E-state index contributed by atoms with van der Waals surface area (Å²) in [6.07, 6.45) is 0.344. The summed E-state index contributed by atoms with van der Waals surface area (Å²) >= 11 is 6.68. The number of piperidine rings is 1. The van der Waals surface area contributed by atoms with Crippen LogP contribution in [0.15, 0.2) is 59.8 Å². The second-order valence-electron chi connectivity index (χ2n) is 12.8. The number of rotatable bonds is 13. The van der Waals surface area contributed by atoms with Crippen molar-refractivity contribution < 1.29 is 45.6 Å². The summed E-state index contributed by atoms with van der Waals surface area (Å²) in [5, 5.41) is 10.7. The molecule has 3 unspecified atom stereocenters. The van der Waals surface area contributed by atoms with Crippen LogP contribution in [0.3, 0.4) is 0 Å². The third kappa shape index (κ3) is 9.04. The highest BCUT2D eigenvalue weighted by atomic mass is 35.5. The molecule has 1 fully saturated rings. The minimum Gasteiger partial charge on any atom is -0.493 e. The number of halogens is 4. The molecule has 1 saturated heterocycles. The van der Waals surface area contributed by atoms with Gasteiger partial charge in [0.2, 0.25) is 11.5 Å². The van der Waals surface area contributed by atoms with Crippen molar-refractivity contribution >= 4 is 38.3 Å². The first kappa shape index (κ1) is 38.6. The largest absolute Gasteiger partial charge is 0.493 e.